The van der Waals surface area contributed by atoms with Crippen molar-refractivity contribution < 1.29 is 19.0 Å². The van der Waals surface area contributed by atoms with Crippen molar-refractivity contribution in [2.45, 2.75) is 25.3 Å². The van der Waals surface area contributed by atoms with Crippen molar-refractivity contribution in [1.29, 1.82) is 0 Å². The molecular weight excluding hydrogens is 342 g/mol. The predicted molar refractivity (Wildman–Crippen MR) is 104 cm³/mol. The maximum atomic E-state index is 11.3. The number of hydrogen-bond donors (Lipinski definition) is 1. The minimum Gasteiger partial charge on any atom is -0.495 e. The molecule has 27 heavy (non-hydrogen) atoms. The number of esters is 1. The van der Waals surface area contributed by atoms with Crippen molar-refractivity contribution in [3.8, 4) is 17.2 Å². The summed E-state index contributed by atoms with van der Waals surface area (Å²) in [7, 11) is 3.28. The number of carbonyl (C=O) groups is 1. The van der Waals surface area contributed by atoms with Crippen LogP contribution < -0.4 is 19.5 Å². The Morgan fingerprint density at radius 1 is 1.07 bits per heavy atom. The molecule has 1 heterocycles. The summed E-state index contributed by atoms with van der Waals surface area (Å²) in [6, 6.07) is 12.0. The molecule has 140 valence electrons. The zero-order chi connectivity index (χ0) is 19.0. The molecule has 0 amide bonds. The van der Waals surface area contributed by atoms with Crippen molar-refractivity contribution >= 4 is 11.7 Å². The summed E-state index contributed by atoms with van der Waals surface area (Å²) in [6.45, 7) is 1.38. The van der Waals surface area contributed by atoms with Crippen LogP contribution in [0.2, 0.25) is 0 Å². The minimum absolute atomic E-state index is 0.106. The van der Waals surface area contributed by atoms with Crippen molar-refractivity contribution in [1.82, 2.24) is 0 Å². The fourth-order valence-corrected chi connectivity index (χ4v) is 4.21. The summed E-state index contributed by atoms with van der Waals surface area (Å²) >= 11 is 0. The van der Waals surface area contributed by atoms with Crippen molar-refractivity contribution in [3.63, 3.8) is 0 Å². The van der Waals surface area contributed by atoms with Gasteiger partial charge in [0.1, 0.15) is 5.75 Å². The number of nitrogens with one attached hydrogen (secondary N) is 1. The second-order valence-electron chi connectivity index (χ2n) is 6.90. The van der Waals surface area contributed by atoms with E-state index in [9.17, 15) is 4.79 Å². The van der Waals surface area contributed by atoms with Gasteiger partial charge in [0.15, 0.2) is 11.5 Å². The van der Waals surface area contributed by atoms with Gasteiger partial charge in [0, 0.05) is 12.8 Å². The Kier molecular flexibility index (Phi) is 4.52. The van der Waals surface area contributed by atoms with E-state index in [1.165, 1.54) is 12.5 Å². The third-order valence-electron chi connectivity index (χ3n) is 5.38. The van der Waals surface area contributed by atoms with Crippen LogP contribution in [0.5, 0.6) is 17.2 Å². The van der Waals surface area contributed by atoms with Crippen molar-refractivity contribution in [2.75, 3.05) is 19.5 Å². The molecule has 5 nitrogen and oxygen atoms in total. The fourth-order valence-electron chi connectivity index (χ4n) is 4.21. The van der Waals surface area contributed by atoms with Crippen molar-refractivity contribution in [2.24, 2.45) is 5.92 Å². The lowest BCUT2D eigenvalue weighted by Crippen LogP contribution is -2.29. The molecule has 0 bridgehead atoms. The Morgan fingerprint density at radius 3 is 2.63 bits per heavy atom. The highest BCUT2D eigenvalue weighted by Crippen LogP contribution is 2.52. The number of fused-ring (bicyclic) bond motifs is 3. The molecule has 2 aromatic rings. The molecule has 0 fully saturated rings. The number of hydrogen-bond acceptors (Lipinski definition) is 5. The molecule has 0 radical (unpaired) electrons. The Morgan fingerprint density at radius 2 is 1.89 bits per heavy atom. The van der Waals surface area contributed by atoms with Gasteiger partial charge < -0.3 is 19.5 Å². The maximum absolute atomic E-state index is 11.3. The maximum Gasteiger partial charge on any atom is 0.308 e. The first kappa shape index (κ1) is 17.5. The van der Waals surface area contributed by atoms with Crippen LogP contribution in [0.4, 0.5) is 5.69 Å². The number of carbonyl (C=O) groups excluding carboxylic acids is 1. The molecule has 5 heteroatoms. The van der Waals surface area contributed by atoms with Gasteiger partial charge in [0.25, 0.3) is 0 Å². The van der Waals surface area contributed by atoms with Crippen LogP contribution in [0.1, 0.15) is 36.4 Å². The van der Waals surface area contributed by atoms with Crippen LogP contribution in [-0.2, 0) is 4.79 Å². The lowest BCUT2D eigenvalue weighted by molar-refractivity contribution is -0.132. The Bertz CT molecular complexity index is 905. The number of rotatable bonds is 4. The summed E-state index contributed by atoms with van der Waals surface area (Å²) in [5, 5.41) is 3.69. The molecule has 0 spiro atoms. The Hall–Kier alpha value is -2.95. The van der Waals surface area contributed by atoms with E-state index < -0.39 is 0 Å². The quantitative estimate of drug-likeness (QED) is 0.493. The summed E-state index contributed by atoms with van der Waals surface area (Å²) in [5.74, 6) is 2.23. The molecule has 2 aliphatic rings. The van der Waals surface area contributed by atoms with Crippen LogP contribution >= 0.6 is 0 Å². The van der Waals surface area contributed by atoms with Gasteiger partial charge in [0.05, 0.1) is 25.9 Å². The van der Waals surface area contributed by atoms with E-state index in [1.54, 1.807) is 20.3 Å². The van der Waals surface area contributed by atoms with Gasteiger partial charge >= 0.3 is 5.97 Å². The van der Waals surface area contributed by atoms with Gasteiger partial charge in [-0.3, -0.25) is 4.79 Å². The van der Waals surface area contributed by atoms with E-state index >= 15 is 0 Å². The molecule has 0 aromatic heterocycles. The smallest absolute Gasteiger partial charge is 0.308 e. The summed E-state index contributed by atoms with van der Waals surface area (Å²) in [5.41, 5.74) is 3.41. The third-order valence-corrected chi connectivity index (χ3v) is 5.38. The lowest BCUT2D eigenvalue weighted by atomic mass is 9.77. The Balaban J connectivity index is 1.75. The van der Waals surface area contributed by atoms with Crippen LogP contribution in [0.25, 0.3) is 0 Å². The van der Waals surface area contributed by atoms with Gasteiger partial charge in [-0.25, -0.2) is 0 Å². The Labute approximate surface area is 158 Å². The number of para-hydroxylation sites is 1. The zero-order valence-electron chi connectivity index (χ0n) is 15.7. The van der Waals surface area contributed by atoms with Gasteiger partial charge in [-0.2, -0.15) is 0 Å². The largest absolute Gasteiger partial charge is 0.495 e. The van der Waals surface area contributed by atoms with Gasteiger partial charge in [0.2, 0.25) is 0 Å². The first-order valence-corrected chi connectivity index (χ1v) is 9.09. The summed E-state index contributed by atoms with van der Waals surface area (Å²) in [6.07, 6.45) is 5.55. The van der Waals surface area contributed by atoms with Crippen LogP contribution in [0.3, 0.4) is 0 Å². The number of methoxy groups -OCH3 is 2. The summed E-state index contributed by atoms with van der Waals surface area (Å²) < 4.78 is 16.3. The second kappa shape index (κ2) is 6.99. The van der Waals surface area contributed by atoms with Crippen molar-refractivity contribution in [3.05, 3.63) is 59.7 Å². The van der Waals surface area contributed by atoms with E-state index in [0.717, 1.165) is 23.4 Å². The highest BCUT2D eigenvalue weighted by Gasteiger charge is 2.39. The van der Waals surface area contributed by atoms with E-state index in [1.807, 2.05) is 24.3 Å². The number of benzene rings is 2. The second-order valence-corrected chi connectivity index (χ2v) is 6.90. The molecule has 1 aliphatic heterocycles. The van der Waals surface area contributed by atoms with Gasteiger partial charge in [-0.1, -0.05) is 30.4 Å². The highest BCUT2D eigenvalue weighted by molar-refractivity contribution is 5.71. The monoisotopic (exact) mass is 365 g/mol. The lowest BCUT2D eigenvalue weighted by Gasteiger charge is -2.38. The van der Waals surface area contributed by atoms with Crippen LogP contribution in [0.15, 0.2) is 48.6 Å². The molecule has 1 aliphatic carbocycles. The van der Waals surface area contributed by atoms with E-state index in [0.29, 0.717) is 23.3 Å². The number of allylic oxidation sites excluding steroid dienone is 2. The highest BCUT2D eigenvalue weighted by atomic mass is 16.6. The minimum atomic E-state index is -0.365. The van der Waals surface area contributed by atoms with Crippen LogP contribution in [-0.4, -0.2) is 20.2 Å². The van der Waals surface area contributed by atoms with E-state index in [-0.39, 0.29) is 12.0 Å². The SMILES string of the molecule is COc1cc(C2Nc3c(OC)cccc3C3C=CCC32)ccc1OC(C)=O. The molecule has 1 N–H and O–H groups in total. The molecule has 3 unspecified atom stereocenters. The normalized spacial score (nSPS) is 22.4. The first-order valence-electron chi connectivity index (χ1n) is 9.09. The molecule has 0 saturated heterocycles. The fraction of sp³-hybridized carbons (Fsp3) is 0.318. The number of anilines is 1. The van der Waals surface area contributed by atoms with Gasteiger partial charge in [-0.15, -0.1) is 0 Å². The number of ether oxygens (including phenoxy) is 3. The average Bonchev–Trinajstić information content (AvgIpc) is 3.17. The average molecular weight is 365 g/mol. The standard InChI is InChI=1S/C22H23NO4/c1-13(24)27-18-11-10-14(12-20(18)26-3)21-16-7-4-6-15(16)17-8-5-9-19(25-2)22(17)23-21/h4-6,8-12,15-16,21,23H,7H2,1-3H3. The van der Waals surface area contributed by atoms with E-state index in [2.05, 4.69) is 23.5 Å². The topological polar surface area (TPSA) is 56.8 Å². The zero-order valence-corrected chi connectivity index (χ0v) is 15.7. The molecule has 0 saturated carbocycles. The molecule has 4 rings (SSSR count). The third kappa shape index (κ3) is 3.03. The molecule has 3 atom stereocenters. The van der Waals surface area contributed by atoms with E-state index in [4.69, 9.17) is 14.2 Å². The van der Waals surface area contributed by atoms with Gasteiger partial charge in [-0.05, 0) is 41.7 Å². The molecular formula is C22H23NO4. The predicted octanol–water partition coefficient (Wildman–Crippen LogP) is 4.46. The van der Waals surface area contributed by atoms with Crippen LogP contribution in [0, 0.1) is 5.92 Å². The molecule has 2 aromatic carbocycles. The first-order chi connectivity index (χ1) is 13.1. The summed E-state index contributed by atoms with van der Waals surface area (Å²) in [4.78, 5) is 11.3.